The van der Waals surface area contributed by atoms with Crippen LogP contribution in [0.4, 0.5) is 5.13 Å². The molecular weight excluding hydrogens is 452 g/mol. The minimum atomic E-state index is -3.77. The summed E-state index contributed by atoms with van der Waals surface area (Å²) in [6.45, 7) is 0. The van der Waals surface area contributed by atoms with E-state index in [4.69, 9.17) is 4.74 Å². The molecule has 154 valence electrons. The summed E-state index contributed by atoms with van der Waals surface area (Å²) in [5.41, 5.74) is 0.175. The molecule has 0 bridgehead atoms. The van der Waals surface area contributed by atoms with Crippen molar-refractivity contribution < 1.29 is 17.9 Å². The Morgan fingerprint density at radius 2 is 2.07 bits per heavy atom. The SMILES string of the molecule is COc1ccc(C(=O)Nc2nnc(SCc3cccs3)s2)cc1S(=O)(=O)N(C)C. The van der Waals surface area contributed by atoms with Crippen molar-refractivity contribution >= 4 is 55.5 Å². The quantitative estimate of drug-likeness (QED) is 0.398. The zero-order chi connectivity index (χ0) is 21.0. The van der Waals surface area contributed by atoms with Crippen LogP contribution in [0.5, 0.6) is 5.75 Å². The molecule has 29 heavy (non-hydrogen) atoms. The zero-order valence-electron chi connectivity index (χ0n) is 15.8. The molecule has 0 aliphatic heterocycles. The van der Waals surface area contributed by atoms with E-state index >= 15 is 0 Å². The first-order chi connectivity index (χ1) is 13.8. The third kappa shape index (κ3) is 5.14. The van der Waals surface area contributed by atoms with Crippen LogP contribution in [0.1, 0.15) is 15.2 Å². The van der Waals surface area contributed by atoms with Gasteiger partial charge in [0.05, 0.1) is 7.11 Å². The second-order valence-electron chi connectivity index (χ2n) is 5.85. The van der Waals surface area contributed by atoms with Crippen LogP contribution in [-0.2, 0) is 15.8 Å². The van der Waals surface area contributed by atoms with Crippen molar-refractivity contribution in [3.63, 3.8) is 0 Å². The van der Waals surface area contributed by atoms with Gasteiger partial charge in [-0.25, -0.2) is 12.7 Å². The lowest BCUT2D eigenvalue weighted by atomic mass is 10.2. The summed E-state index contributed by atoms with van der Waals surface area (Å²) in [4.78, 5) is 13.7. The van der Waals surface area contributed by atoms with Gasteiger partial charge in [0.15, 0.2) is 4.34 Å². The smallest absolute Gasteiger partial charge is 0.257 e. The van der Waals surface area contributed by atoms with Crippen LogP contribution in [0.15, 0.2) is 44.9 Å². The monoisotopic (exact) mass is 470 g/mol. The Morgan fingerprint density at radius 3 is 2.72 bits per heavy atom. The van der Waals surface area contributed by atoms with Gasteiger partial charge in [-0.3, -0.25) is 10.1 Å². The standard InChI is InChI=1S/C17H18N4O4S4/c1-21(2)29(23,24)14-9-11(6-7-13(14)25-3)15(22)18-16-19-20-17(28-16)27-10-12-5-4-8-26-12/h4-9H,10H2,1-3H3,(H,18,19,22). The normalized spacial score (nSPS) is 11.6. The topological polar surface area (TPSA) is 101 Å². The maximum Gasteiger partial charge on any atom is 0.257 e. The predicted octanol–water partition coefficient (Wildman–Crippen LogP) is 3.40. The molecule has 0 unspecified atom stereocenters. The van der Waals surface area contributed by atoms with E-state index in [2.05, 4.69) is 15.5 Å². The van der Waals surface area contributed by atoms with Gasteiger partial charge in [-0.15, -0.1) is 21.5 Å². The number of ether oxygens (including phenoxy) is 1. The number of thiophene rings is 1. The maximum atomic E-state index is 12.6. The third-order valence-corrected chi connectivity index (χ3v) is 8.65. The van der Waals surface area contributed by atoms with E-state index in [0.29, 0.717) is 5.13 Å². The number of thioether (sulfide) groups is 1. The number of sulfonamides is 1. The summed E-state index contributed by atoms with van der Waals surface area (Å²) in [5, 5.41) is 13.1. The van der Waals surface area contributed by atoms with E-state index in [0.717, 1.165) is 14.4 Å². The van der Waals surface area contributed by atoms with Gasteiger partial charge in [0, 0.05) is 30.3 Å². The highest BCUT2D eigenvalue weighted by molar-refractivity contribution is 8.00. The van der Waals surface area contributed by atoms with Gasteiger partial charge in [0.2, 0.25) is 15.2 Å². The number of nitrogens with one attached hydrogen (secondary N) is 1. The Morgan fingerprint density at radius 1 is 1.28 bits per heavy atom. The van der Waals surface area contributed by atoms with Crippen LogP contribution in [0.3, 0.4) is 0 Å². The van der Waals surface area contributed by atoms with E-state index in [-0.39, 0.29) is 16.2 Å². The molecule has 1 aromatic carbocycles. The summed E-state index contributed by atoms with van der Waals surface area (Å²) < 4.78 is 32.0. The van der Waals surface area contributed by atoms with Crippen LogP contribution in [0.25, 0.3) is 0 Å². The van der Waals surface area contributed by atoms with Gasteiger partial charge in [0.1, 0.15) is 10.6 Å². The first kappa shape index (κ1) is 21.7. The number of aromatic nitrogens is 2. The molecule has 3 aromatic rings. The second kappa shape index (κ2) is 9.22. The maximum absolute atomic E-state index is 12.6. The lowest BCUT2D eigenvalue weighted by Gasteiger charge is -2.15. The average Bonchev–Trinajstić information content (AvgIpc) is 3.37. The number of methoxy groups -OCH3 is 1. The van der Waals surface area contributed by atoms with Crippen LogP contribution in [0, 0.1) is 0 Å². The molecular formula is C17H18N4O4S4. The molecule has 0 atom stereocenters. The number of benzene rings is 1. The van der Waals surface area contributed by atoms with Gasteiger partial charge in [-0.05, 0) is 29.6 Å². The molecule has 0 aliphatic carbocycles. The third-order valence-electron chi connectivity index (χ3n) is 3.73. The number of hydrogen-bond donors (Lipinski definition) is 1. The number of amides is 1. The zero-order valence-corrected chi connectivity index (χ0v) is 19.0. The number of nitrogens with zero attached hydrogens (tertiary/aromatic N) is 3. The van der Waals surface area contributed by atoms with Crippen molar-refractivity contribution in [1.29, 1.82) is 0 Å². The fraction of sp³-hybridized carbons (Fsp3) is 0.235. The van der Waals surface area contributed by atoms with Crippen molar-refractivity contribution in [2.75, 3.05) is 26.5 Å². The summed E-state index contributed by atoms with van der Waals surface area (Å²) in [6, 6.07) is 8.28. The molecule has 2 aromatic heterocycles. The van der Waals surface area contributed by atoms with Gasteiger partial charge in [0.25, 0.3) is 5.91 Å². The Balaban J connectivity index is 1.74. The van der Waals surface area contributed by atoms with E-state index < -0.39 is 15.9 Å². The largest absolute Gasteiger partial charge is 0.495 e. The van der Waals surface area contributed by atoms with Crippen molar-refractivity contribution in [2.24, 2.45) is 0 Å². The Labute approximate surface area is 181 Å². The first-order valence-corrected chi connectivity index (χ1v) is 12.3. The van der Waals surface area contributed by atoms with E-state index in [1.807, 2.05) is 17.5 Å². The molecule has 12 heteroatoms. The van der Waals surface area contributed by atoms with Crippen LogP contribution in [0.2, 0.25) is 0 Å². The molecule has 0 aliphatic rings. The average molecular weight is 471 g/mol. The van der Waals surface area contributed by atoms with E-state index in [1.165, 1.54) is 67.4 Å². The lowest BCUT2D eigenvalue weighted by molar-refractivity contribution is 0.102. The van der Waals surface area contributed by atoms with Crippen LogP contribution >= 0.6 is 34.4 Å². The Bertz CT molecular complexity index is 1090. The Hall–Kier alpha value is -1.99. The van der Waals surface area contributed by atoms with Crippen LogP contribution in [-0.4, -0.2) is 50.0 Å². The highest BCUT2D eigenvalue weighted by Gasteiger charge is 2.24. The van der Waals surface area contributed by atoms with Crippen molar-refractivity contribution in [3.05, 3.63) is 46.2 Å². The molecule has 8 nitrogen and oxygen atoms in total. The summed E-state index contributed by atoms with van der Waals surface area (Å²) >= 11 is 4.47. The predicted molar refractivity (Wildman–Crippen MR) is 116 cm³/mol. The van der Waals surface area contributed by atoms with Gasteiger partial charge in [-0.2, -0.15) is 0 Å². The van der Waals surface area contributed by atoms with Crippen molar-refractivity contribution in [1.82, 2.24) is 14.5 Å². The van der Waals surface area contributed by atoms with Gasteiger partial charge < -0.3 is 4.74 Å². The van der Waals surface area contributed by atoms with Crippen molar-refractivity contribution in [3.8, 4) is 5.75 Å². The fourth-order valence-corrected chi connectivity index (χ4v) is 5.83. The number of hydrogen-bond acceptors (Lipinski definition) is 9. The first-order valence-electron chi connectivity index (χ1n) is 8.22. The molecule has 0 saturated carbocycles. The lowest BCUT2D eigenvalue weighted by Crippen LogP contribution is -2.23. The van der Waals surface area contributed by atoms with Crippen molar-refractivity contribution in [2.45, 2.75) is 15.0 Å². The minimum Gasteiger partial charge on any atom is -0.495 e. The molecule has 1 N–H and O–H groups in total. The minimum absolute atomic E-state index is 0.0814. The van der Waals surface area contributed by atoms with Gasteiger partial charge in [-0.1, -0.05) is 29.2 Å². The molecule has 0 saturated heterocycles. The molecule has 0 radical (unpaired) electrons. The molecule has 0 spiro atoms. The van der Waals surface area contributed by atoms with E-state index in [1.54, 1.807) is 11.3 Å². The molecule has 1 amide bonds. The number of rotatable bonds is 8. The van der Waals surface area contributed by atoms with E-state index in [9.17, 15) is 13.2 Å². The Kier molecular flexibility index (Phi) is 6.90. The molecule has 0 fully saturated rings. The highest BCUT2D eigenvalue weighted by Crippen LogP contribution is 2.30. The molecule has 3 rings (SSSR count). The second-order valence-corrected chi connectivity index (χ2v) is 11.2. The fourth-order valence-electron chi connectivity index (χ4n) is 2.23. The van der Waals surface area contributed by atoms with Crippen LogP contribution < -0.4 is 10.1 Å². The molecule has 2 heterocycles. The summed E-state index contributed by atoms with van der Waals surface area (Å²) in [6.07, 6.45) is 0. The number of carbonyl (C=O) groups is 1. The number of carbonyl (C=O) groups excluding carboxylic acids is 1. The number of anilines is 1. The van der Waals surface area contributed by atoms with Gasteiger partial charge >= 0.3 is 0 Å². The summed E-state index contributed by atoms with van der Waals surface area (Å²) in [7, 11) is 0.432. The highest BCUT2D eigenvalue weighted by atomic mass is 32.2. The summed E-state index contributed by atoms with van der Waals surface area (Å²) in [5.74, 6) is 0.469.